The Balaban J connectivity index is 1.65. The number of hydrogen-bond acceptors (Lipinski definition) is 3. The Labute approximate surface area is 151 Å². The molecular weight excluding hydrogens is 341 g/mol. The molecule has 128 valence electrons. The highest BCUT2D eigenvalue weighted by Gasteiger charge is 2.18. The van der Waals surface area contributed by atoms with Crippen molar-refractivity contribution >= 4 is 11.6 Å². The van der Waals surface area contributed by atoms with E-state index in [-0.39, 0.29) is 10.9 Å². The maximum Gasteiger partial charge on any atom is 0.222 e. The van der Waals surface area contributed by atoms with E-state index in [0.717, 1.165) is 5.56 Å². The molecule has 0 spiro atoms. The molecule has 2 aromatic rings. The van der Waals surface area contributed by atoms with Gasteiger partial charge in [-0.3, -0.25) is 4.98 Å². The second kappa shape index (κ2) is 8.26. The van der Waals surface area contributed by atoms with Crippen molar-refractivity contribution in [2.24, 2.45) is 5.92 Å². The number of halogens is 2. The highest BCUT2D eigenvalue weighted by Crippen LogP contribution is 2.22. The monoisotopic (exact) mass is 357 g/mol. The van der Waals surface area contributed by atoms with Crippen molar-refractivity contribution in [2.45, 2.75) is 13.2 Å². The van der Waals surface area contributed by atoms with Crippen LogP contribution in [-0.2, 0) is 9.47 Å². The van der Waals surface area contributed by atoms with Crippen molar-refractivity contribution in [1.29, 1.82) is 0 Å². The Morgan fingerprint density at radius 3 is 2.68 bits per heavy atom. The third-order valence-corrected chi connectivity index (χ3v) is 4.01. The zero-order valence-electron chi connectivity index (χ0n) is 13.7. The maximum absolute atomic E-state index is 13.5. The van der Waals surface area contributed by atoms with Crippen LogP contribution in [0.3, 0.4) is 0 Å². The predicted molar refractivity (Wildman–Crippen MR) is 95.5 cm³/mol. The van der Waals surface area contributed by atoms with Crippen LogP contribution in [0.25, 0.3) is 11.3 Å². The second-order valence-electron chi connectivity index (χ2n) is 5.61. The average Bonchev–Trinajstić information content (AvgIpc) is 2.64. The van der Waals surface area contributed by atoms with Gasteiger partial charge in [0, 0.05) is 23.2 Å². The van der Waals surface area contributed by atoms with Gasteiger partial charge in [-0.1, -0.05) is 35.7 Å². The van der Waals surface area contributed by atoms with Crippen molar-refractivity contribution in [3.63, 3.8) is 0 Å². The van der Waals surface area contributed by atoms with Gasteiger partial charge >= 0.3 is 0 Å². The van der Waals surface area contributed by atoms with E-state index in [1.807, 2.05) is 19.1 Å². The number of hydrogen-bond donors (Lipinski definition) is 0. The number of ether oxygens (including phenoxy) is 2. The molecule has 0 aliphatic carbocycles. The zero-order valence-corrected chi connectivity index (χ0v) is 14.5. The van der Waals surface area contributed by atoms with Crippen molar-refractivity contribution in [3.8, 4) is 23.1 Å². The van der Waals surface area contributed by atoms with E-state index in [0.29, 0.717) is 24.5 Å². The van der Waals surface area contributed by atoms with E-state index in [2.05, 4.69) is 22.9 Å². The Bertz CT molecular complexity index is 816. The van der Waals surface area contributed by atoms with Crippen LogP contribution in [-0.4, -0.2) is 24.5 Å². The van der Waals surface area contributed by atoms with Gasteiger partial charge in [-0.15, -0.1) is 0 Å². The van der Waals surface area contributed by atoms with Crippen LogP contribution in [0.2, 0.25) is 5.02 Å². The van der Waals surface area contributed by atoms with Gasteiger partial charge in [0.15, 0.2) is 0 Å². The van der Waals surface area contributed by atoms with Crippen LogP contribution < -0.4 is 0 Å². The molecule has 0 saturated carbocycles. The number of aromatic nitrogens is 1. The number of pyridine rings is 1. The molecule has 0 amide bonds. The Morgan fingerprint density at radius 1 is 1.24 bits per heavy atom. The van der Waals surface area contributed by atoms with Gasteiger partial charge in [-0.05, 0) is 37.1 Å². The molecule has 1 fully saturated rings. The fraction of sp³-hybridized carbons (Fsp3) is 0.250. The smallest absolute Gasteiger partial charge is 0.222 e. The molecule has 5 heteroatoms. The first-order valence-corrected chi connectivity index (χ1v) is 8.32. The fourth-order valence-corrected chi connectivity index (χ4v) is 2.54. The molecule has 2 heterocycles. The van der Waals surface area contributed by atoms with Gasteiger partial charge in [0.1, 0.15) is 5.82 Å². The molecular formula is C20H17ClFNO2. The summed E-state index contributed by atoms with van der Waals surface area (Å²) in [5, 5.41) is 0.0929. The van der Waals surface area contributed by atoms with Gasteiger partial charge in [0.05, 0.1) is 23.9 Å². The average molecular weight is 358 g/mol. The molecule has 3 rings (SSSR count). The summed E-state index contributed by atoms with van der Waals surface area (Å²) in [4.78, 5) is 4.32. The molecule has 25 heavy (non-hydrogen) atoms. The van der Waals surface area contributed by atoms with E-state index >= 15 is 0 Å². The van der Waals surface area contributed by atoms with E-state index < -0.39 is 12.1 Å². The first-order chi connectivity index (χ1) is 12.2. The largest absolute Gasteiger partial charge is 0.341 e. The lowest BCUT2D eigenvalue weighted by Crippen LogP contribution is -2.30. The van der Waals surface area contributed by atoms with E-state index in [1.165, 1.54) is 12.1 Å². The lowest BCUT2D eigenvalue weighted by Gasteiger charge is -2.24. The molecule has 1 aromatic heterocycles. The minimum absolute atomic E-state index is 0.0929. The van der Waals surface area contributed by atoms with Gasteiger partial charge in [0.25, 0.3) is 0 Å². The second-order valence-corrected chi connectivity index (χ2v) is 6.02. The number of benzene rings is 1. The summed E-state index contributed by atoms with van der Waals surface area (Å²) in [5.74, 6) is 5.74. The quantitative estimate of drug-likeness (QED) is 0.587. The van der Waals surface area contributed by atoms with Crippen LogP contribution in [0.1, 0.15) is 12.5 Å². The topological polar surface area (TPSA) is 31.4 Å². The van der Waals surface area contributed by atoms with Gasteiger partial charge in [-0.25, -0.2) is 4.39 Å². The molecule has 0 unspecified atom stereocenters. The first kappa shape index (κ1) is 17.6. The zero-order chi connectivity index (χ0) is 17.6. The standard InChI is InChI=1S/C20H17ClFNO2/c1-2-3-15-12-24-20(25-13-15)9-5-14-4-8-19(23-11-14)16-6-7-17(21)18(22)10-16/h2-4,6-8,10-11,15,20H,12-13H2,1H3/b3-2+/t15-,20-. The minimum Gasteiger partial charge on any atom is -0.341 e. The van der Waals surface area contributed by atoms with Crippen molar-refractivity contribution < 1.29 is 13.9 Å². The van der Waals surface area contributed by atoms with Gasteiger partial charge < -0.3 is 9.47 Å². The van der Waals surface area contributed by atoms with Crippen LogP contribution in [0.5, 0.6) is 0 Å². The normalized spacial score (nSPS) is 20.3. The van der Waals surface area contributed by atoms with Crippen LogP contribution in [0.4, 0.5) is 4.39 Å². The summed E-state index contributed by atoms with van der Waals surface area (Å²) in [6, 6.07) is 8.22. The van der Waals surface area contributed by atoms with E-state index in [4.69, 9.17) is 21.1 Å². The Morgan fingerprint density at radius 2 is 2.04 bits per heavy atom. The first-order valence-electron chi connectivity index (χ1n) is 7.95. The Hall–Kier alpha value is -2.19. The maximum atomic E-state index is 13.5. The molecule has 1 aliphatic rings. The highest BCUT2D eigenvalue weighted by atomic mass is 35.5. The van der Waals surface area contributed by atoms with Crippen LogP contribution in [0, 0.1) is 23.6 Å². The summed E-state index contributed by atoms with van der Waals surface area (Å²) in [7, 11) is 0. The summed E-state index contributed by atoms with van der Waals surface area (Å²) in [6.45, 7) is 3.17. The van der Waals surface area contributed by atoms with Crippen molar-refractivity contribution in [1.82, 2.24) is 4.98 Å². The minimum atomic E-state index is -0.522. The molecule has 0 atom stereocenters. The Kier molecular flexibility index (Phi) is 5.83. The molecule has 1 saturated heterocycles. The number of rotatable bonds is 2. The summed E-state index contributed by atoms with van der Waals surface area (Å²) in [5.41, 5.74) is 2.05. The fourth-order valence-electron chi connectivity index (χ4n) is 2.42. The molecule has 0 radical (unpaired) electrons. The molecule has 3 nitrogen and oxygen atoms in total. The van der Waals surface area contributed by atoms with Gasteiger partial charge in [0.2, 0.25) is 6.29 Å². The van der Waals surface area contributed by atoms with E-state index in [9.17, 15) is 4.39 Å². The van der Waals surface area contributed by atoms with Crippen LogP contribution in [0.15, 0.2) is 48.7 Å². The van der Waals surface area contributed by atoms with Gasteiger partial charge in [-0.2, -0.15) is 0 Å². The number of nitrogens with zero attached hydrogens (tertiary/aromatic N) is 1. The molecule has 1 aromatic carbocycles. The molecule has 0 N–H and O–H groups in total. The van der Waals surface area contributed by atoms with E-state index in [1.54, 1.807) is 18.3 Å². The third-order valence-electron chi connectivity index (χ3n) is 3.70. The summed E-state index contributed by atoms with van der Waals surface area (Å²) >= 11 is 5.69. The lowest BCUT2D eigenvalue weighted by atomic mass is 10.1. The lowest BCUT2D eigenvalue weighted by molar-refractivity contribution is -0.160. The van der Waals surface area contributed by atoms with Crippen LogP contribution >= 0.6 is 11.6 Å². The third kappa shape index (κ3) is 4.67. The number of allylic oxidation sites excluding steroid dienone is 1. The molecule has 0 bridgehead atoms. The summed E-state index contributed by atoms with van der Waals surface area (Å²) < 4.78 is 24.7. The summed E-state index contributed by atoms with van der Waals surface area (Å²) in [6.07, 6.45) is 5.17. The van der Waals surface area contributed by atoms with Crippen molar-refractivity contribution in [2.75, 3.05) is 13.2 Å². The molecule has 1 aliphatic heterocycles. The predicted octanol–water partition coefficient (Wildman–Crippen LogP) is 4.46. The highest BCUT2D eigenvalue weighted by molar-refractivity contribution is 6.30. The SMILES string of the molecule is C/C=C/[C@H]1CO[C@H](C#Cc2ccc(-c3ccc(Cl)c(F)c3)nc2)OC1. The van der Waals surface area contributed by atoms with Crippen molar-refractivity contribution in [3.05, 3.63) is 65.1 Å².